The molecular weight excluding hydrogens is 1710 g/mol. The third-order valence-corrected chi connectivity index (χ3v) is 16.1. The normalized spacial score (nSPS) is 11.1. The van der Waals surface area contributed by atoms with E-state index in [0.717, 1.165) is 82.2 Å². The average molecular weight is 1820 g/mol. The number of likely N-dealkylation sites (tertiary alicyclic amines) is 2. The van der Waals surface area contributed by atoms with E-state index in [0.29, 0.717) is 23.7 Å². The van der Waals surface area contributed by atoms with Crippen LogP contribution in [-0.2, 0) is 70.7 Å². The summed E-state index contributed by atoms with van der Waals surface area (Å²) in [4.78, 5) is 5.92. The Labute approximate surface area is 710 Å². The van der Waals surface area contributed by atoms with E-state index in [2.05, 4.69) is 203 Å². The van der Waals surface area contributed by atoms with E-state index >= 15 is 0 Å². The van der Waals surface area contributed by atoms with Crippen molar-refractivity contribution in [3.05, 3.63) is 369 Å². The molecule has 0 N–H and O–H groups in total. The van der Waals surface area contributed by atoms with Crippen LogP contribution in [0.2, 0.25) is 0 Å². The fourth-order valence-electron chi connectivity index (χ4n) is 9.91. The Morgan fingerprint density at radius 1 is 0.402 bits per heavy atom. The minimum absolute atomic E-state index is 0. The van der Waals surface area contributed by atoms with Gasteiger partial charge in [-0.3, -0.25) is 0 Å². The molecule has 0 aliphatic carbocycles. The first-order valence-corrected chi connectivity index (χ1v) is 37.8. The standard InChI is InChI=1S/C19H29NS.C18H29N2S.C11H4.7C7H7.CH2Cl2.2Hf/c1-14(2)16-9-8-10-17(15(3)4)18(16)13-19(21)20-11-6-5-7-12-20;1-13(2)15-9-8-10-16(14(3)4)17(15)19-18(21)20-11-6-5-7-12-20;1-3-5-7-9-11-10-8-6-4-2;7*1-7-5-3-2-4-6-7;2-1-3;;/h8-10,14-15H,5-7,11-13H2,1-4H3;8-10,13-14,18,21H,5-7,11-12H2,1-4H3;1H,2H3;7*2-6H,1H2;1H2;;/q;-1;;7*-1;;;+4/p-1. The summed E-state index contributed by atoms with van der Waals surface area (Å²) < 4.78 is 0. The molecule has 2 aliphatic rings. The molecule has 2 heterocycles. The number of terminal acetylenes is 1. The van der Waals surface area contributed by atoms with E-state index < -0.39 is 0 Å². The van der Waals surface area contributed by atoms with Crippen molar-refractivity contribution in [3.63, 3.8) is 0 Å². The van der Waals surface area contributed by atoms with E-state index in [1.165, 1.54) is 66.3 Å². The second-order valence-corrected chi connectivity index (χ2v) is 27.0. The van der Waals surface area contributed by atoms with E-state index in [1.807, 2.05) is 212 Å². The molecule has 0 bridgehead atoms. The van der Waals surface area contributed by atoms with Gasteiger partial charge >= 0.3 is 25.8 Å². The molecule has 2 fully saturated rings. The van der Waals surface area contributed by atoms with Crippen LogP contribution in [0.5, 0.6) is 0 Å². The van der Waals surface area contributed by atoms with Gasteiger partial charge < -0.3 is 27.7 Å². The molecule has 0 radical (unpaired) electrons. The van der Waals surface area contributed by atoms with Crippen molar-refractivity contribution in [2.45, 2.75) is 136 Å². The van der Waals surface area contributed by atoms with E-state index in [9.17, 15) is 0 Å². The van der Waals surface area contributed by atoms with E-state index in [4.69, 9.17) is 59.8 Å². The summed E-state index contributed by atoms with van der Waals surface area (Å²) in [5, 5.41) is 5.16. The van der Waals surface area contributed by atoms with Gasteiger partial charge in [0.05, 0.1) is 10.3 Å². The summed E-state index contributed by atoms with van der Waals surface area (Å²) in [6.07, 6.45) is 13.6. The molecule has 1 atom stereocenters. The molecule has 2 aliphatic heterocycles. The number of nitrogens with zero attached hydrogens (tertiary/aromatic N) is 3. The Morgan fingerprint density at radius 3 is 0.879 bits per heavy atom. The third kappa shape index (κ3) is 52.0. The second kappa shape index (κ2) is 66.4. The first-order valence-electron chi connectivity index (χ1n) is 35.8. The van der Waals surface area contributed by atoms with Crippen LogP contribution < -0.4 is 0 Å². The van der Waals surface area contributed by atoms with Crippen LogP contribution in [-0.4, -0.2) is 51.8 Å². The smallest absolute Gasteiger partial charge is 0.793 e. The summed E-state index contributed by atoms with van der Waals surface area (Å²) in [6.45, 7) is 50.3. The molecule has 0 saturated carbocycles. The number of piperidine rings is 2. The largest absolute Gasteiger partial charge is 4.00 e. The topological polar surface area (TPSA) is 20.6 Å². The van der Waals surface area contributed by atoms with Gasteiger partial charge in [-0.05, 0) is 140 Å². The fourth-order valence-corrected chi connectivity index (χ4v) is 10.6. The SMILES string of the molecule is C#CC#CC#CC#CC#CC.CC(C)c1cccc(C(C)C)c1CC(=S)N1CCCCC1.CC(C)c1cccc(C(C)C)c1[N-]C([S-])N1CCCCC1.ClCCl.[CH2-]c1ccccc1.[CH2-]c1ccccc1.[CH2-]c1ccccc1.[CH2-]c1ccccc1.[CH2-]c1ccccc1.[CH2-]c1ccccc1.[CH2-]c1ccccc1.[Hf+4].[Hf]. The molecule has 3 nitrogen and oxygen atoms in total. The van der Waals surface area contributed by atoms with Crippen molar-refractivity contribution in [3.8, 4) is 59.7 Å². The number of halogens is 2. The molecule has 1 unspecified atom stereocenters. The van der Waals surface area contributed by atoms with Crippen LogP contribution in [0.25, 0.3) is 5.32 Å². The third-order valence-electron chi connectivity index (χ3n) is 15.3. The first kappa shape index (κ1) is 101. The van der Waals surface area contributed by atoms with Gasteiger partial charge in [0.2, 0.25) is 0 Å². The molecule has 0 spiro atoms. The Morgan fingerprint density at radius 2 is 0.645 bits per heavy atom. The van der Waals surface area contributed by atoms with Crippen LogP contribution in [0.4, 0.5) is 5.69 Å². The predicted molar refractivity (Wildman–Crippen MR) is 469 cm³/mol. The van der Waals surface area contributed by atoms with Crippen molar-refractivity contribution in [2.75, 3.05) is 31.5 Å². The zero-order chi connectivity index (χ0) is 77.7. The molecule has 9 heteroatoms. The van der Waals surface area contributed by atoms with Crippen molar-refractivity contribution >= 4 is 58.7 Å². The van der Waals surface area contributed by atoms with Gasteiger partial charge in [-0.2, -0.15) is 178 Å². The number of alkyl halides is 2. The zero-order valence-electron chi connectivity index (χ0n) is 65.0. The quantitative estimate of drug-likeness (QED) is 0.0358. The van der Waals surface area contributed by atoms with Gasteiger partial charge in [-0.1, -0.05) is 170 Å². The molecule has 558 valence electrons. The summed E-state index contributed by atoms with van der Waals surface area (Å²) >= 11 is 21.0. The minimum Gasteiger partial charge on any atom is -0.793 e. The van der Waals surface area contributed by atoms with Crippen molar-refractivity contribution < 1.29 is 51.7 Å². The molecule has 0 amide bonds. The summed E-state index contributed by atoms with van der Waals surface area (Å²) in [6, 6.07) is 82.5. The van der Waals surface area contributed by atoms with Gasteiger partial charge in [0.15, 0.2) is 0 Å². The van der Waals surface area contributed by atoms with Gasteiger partial charge in [-0.25, -0.2) is 0 Å². The van der Waals surface area contributed by atoms with Gasteiger partial charge in [0, 0.05) is 45.4 Å². The Balaban J connectivity index is 0. The molecule has 107 heavy (non-hydrogen) atoms. The molecule has 9 aromatic rings. The number of benzene rings is 9. The monoisotopic (exact) mass is 1820 g/mol. The molecule has 2 saturated heterocycles. The van der Waals surface area contributed by atoms with Gasteiger partial charge in [-0.15, -0.1) is 120 Å². The van der Waals surface area contributed by atoms with Crippen molar-refractivity contribution in [1.29, 1.82) is 0 Å². The molecular formula is C98H112Cl2Hf2N3S2-5. The van der Waals surface area contributed by atoms with Crippen LogP contribution in [0, 0.1) is 108 Å². The molecule has 11 rings (SSSR count). The maximum atomic E-state index is 5.77. The number of thiocarbonyl (C=S) groups is 1. The average Bonchev–Trinajstić information content (AvgIpc) is 0.822. The maximum absolute atomic E-state index is 5.77. The Bertz CT molecular complexity index is 3540. The van der Waals surface area contributed by atoms with Crippen molar-refractivity contribution in [1.82, 2.24) is 9.80 Å². The molecule has 9 aromatic carbocycles. The van der Waals surface area contributed by atoms with Crippen LogP contribution in [0.3, 0.4) is 0 Å². The van der Waals surface area contributed by atoms with Crippen LogP contribution in [0.15, 0.2) is 249 Å². The summed E-state index contributed by atoms with van der Waals surface area (Å²) in [5.74, 6) is 24.0. The minimum atomic E-state index is -0.123. The number of hydrogen-bond acceptors (Lipinski definition) is 3. The van der Waals surface area contributed by atoms with Gasteiger partial charge in [0.25, 0.3) is 0 Å². The Hall–Kier alpha value is -7.81. The zero-order valence-corrected chi connectivity index (χ0v) is 75.3. The number of rotatable bonds is 9. The van der Waals surface area contributed by atoms with Crippen LogP contribution >= 0.6 is 35.4 Å². The first-order chi connectivity index (χ1) is 50.6. The van der Waals surface area contributed by atoms with E-state index in [-0.39, 0.29) is 62.5 Å². The van der Waals surface area contributed by atoms with Gasteiger partial charge in [0.1, 0.15) is 0 Å². The summed E-state index contributed by atoms with van der Waals surface area (Å²) in [5.41, 5.74) is 15.6. The molecule has 0 aromatic heterocycles. The summed E-state index contributed by atoms with van der Waals surface area (Å²) in [7, 11) is 0. The fraction of sp³-hybridized carbons (Fsp3) is 0.265. The van der Waals surface area contributed by atoms with Crippen LogP contribution in [0.1, 0.15) is 191 Å². The number of para-hydroxylation sites is 1. The maximum Gasteiger partial charge on any atom is 4.00 e. The van der Waals surface area contributed by atoms with E-state index in [1.54, 1.807) is 6.92 Å². The Kier molecular flexibility index (Phi) is 62.8. The van der Waals surface area contributed by atoms with Crippen molar-refractivity contribution in [2.24, 2.45) is 0 Å². The predicted octanol–water partition coefficient (Wildman–Crippen LogP) is 25.7. The second-order valence-electron chi connectivity index (χ2n) is 25.3. The number of hydrogen-bond donors (Lipinski definition) is 0.